The van der Waals surface area contributed by atoms with Gasteiger partial charge in [0.15, 0.2) is 0 Å². The predicted octanol–water partition coefficient (Wildman–Crippen LogP) is 3.14. The van der Waals surface area contributed by atoms with E-state index in [9.17, 15) is 14.4 Å². The number of carbonyl (C=O) groups is 3. The fourth-order valence-corrected chi connectivity index (χ4v) is 6.47. The lowest BCUT2D eigenvalue weighted by Gasteiger charge is -2.38. The Morgan fingerprint density at radius 2 is 1.89 bits per heavy atom. The number of nitrogens with zero attached hydrogens (tertiary/aromatic N) is 2. The number of hydrogen-bond acceptors (Lipinski definition) is 4. The summed E-state index contributed by atoms with van der Waals surface area (Å²) in [6.07, 6.45) is 9.38. The Morgan fingerprint density at radius 3 is 2.63 bits per heavy atom. The van der Waals surface area contributed by atoms with Gasteiger partial charge in [0.05, 0.1) is 0 Å². The van der Waals surface area contributed by atoms with Gasteiger partial charge >= 0.3 is 0 Å². The van der Waals surface area contributed by atoms with Crippen LogP contribution in [0.1, 0.15) is 79.8 Å². The lowest BCUT2D eigenvalue weighted by Crippen LogP contribution is -2.50. The smallest absolute Gasteiger partial charge is 0.255 e. The third-order valence-corrected chi connectivity index (χ3v) is 8.50. The van der Waals surface area contributed by atoms with E-state index in [1.165, 1.54) is 31.2 Å². The number of fused-ring (bicyclic) bond motifs is 1. The molecule has 3 heterocycles. The van der Waals surface area contributed by atoms with E-state index in [2.05, 4.69) is 29.3 Å². The third-order valence-electron chi connectivity index (χ3n) is 8.50. The van der Waals surface area contributed by atoms with Crippen LogP contribution in [0.3, 0.4) is 0 Å². The van der Waals surface area contributed by atoms with Gasteiger partial charge < -0.3 is 20.4 Å². The molecule has 3 amide bonds. The van der Waals surface area contributed by atoms with Gasteiger partial charge in [0.1, 0.15) is 6.04 Å². The molecule has 0 radical (unpaired) electrons. The van der Waals surface area contributed by atoms with E-state index >= 15 is 0 Å². The van der Waals surface area contributed by atoms with Crippen molar-refractivity contribution in [3.8, 4) is 0 Å². The van der Waals surface area contributed by atoms with E-state index in [1.54, 1.807) is 11.8 Å². The molecule has 1 unspecified atom stereocenters. The highest BCUT2D eigenvalue weighted by molar-refractivity contribution is 6.01. The number of benzene rings is 1. The average Bonchev–Trinajstić information content (AvgIpc) is 3.16. The number of carbonyl (C=O) groups excluding carboxylic acids is 3. The second-order valence-corrected chi connectivity index (χ2v) is 10.9. The molecule has 5 rings (SSSR count). The van der Waals surface area contributed by atoms with Crippen LogP contribution >= 0.6 is 0 Å². The Kier molecular flexibility index (Phi) is 6.96. The number of likely N-dealkylation sites (tertiary alicyclic amines) is 1. The van der Waals surface area contributed by atoms with Gasteiger partial charge in [-0.05, 0) is 68.1 Å². The third kappa shape index (κ3) is 5.15. The SMILES string of the molecule is C=C1CCC(N2Cc3cc(C[C@H]4CCCC[C@@H]4NC4CCN(C(C)=O)CC4)ccc3C2=O)C(=O)N1. The molecule has 1 saturated carbocycles. The maximum Gasteiger partial charge on any atom is 0.255 e. The number of rotatable bonds is 5. The Labute approximate surface area is 208 Å². The summed E-state index contributed by atoms with van der Waals surface area (Å²) in [5.74, 6) is 0.611. The van der Waals surface area contributed by atoms with Crippen molar-refractivity contribution in [2.45, 2.75) is 89.4 Å². The van der Waals surface area contributed by atoms with Crippen molar-refractivity contribution in [3.63, 3.8) is 0 Å². The highest BCUT2D eigenvalue weighted by atomic mass is 16.2. The molecule has 1 aromatic carbocycles. The van der Waals surface area contributed by atoms with Crippen molar-refractivity contribution >= 4 is 17.7 Å². The van der Waals surface area contributed by atoms with E-state index in [1.807, 2.05) is 11.0 Å². The Balaban J connectivity index is 1.22. The normalized spacial score (nSPS) is 27.7. The molecule has 3 aliphatic heterocycles. The zero-order valence-corrected chi connectivity index (χ0v) is 20.9. The summed E-state index contributed by atoms with van der Waals surface area (Å²) in [5.41, 5.74) is 3.80. The zero-order chi connectivity index (χ0) is 24.5. The summed E-state index contributed by atoms with van der Waals surface area (Å²) in [7, 11) is 0. The minimum Gasteiger partial charge on any atom is -0.343 e. The van der Waals surface area contributed by atoms with E-state index in [4.69, 9.17) is 0 Å². The molecule has 188 valence electrons. The fraction of sp³-hybridized carbons (Fsp3) is 0.607. The van der Waals surface area contributed by atoms with Crippen molar-refractivity contribution in [3.05, 3.63) is 47.2 Å². The van der Waals surface area contributed by atoms with Gasteiger partial charge in [-0.3, -0.25) is 14.4 Å². The summed E-state index contributed by atoms with van der Waals surface area (Å²) >= 11 is 0. The van der Waals surface area contributed by atoms with Crippen LogP contribution in [0.4, 0.5) is 0 Å². The molecule has 7 heteroatoms. The van der Waals surface area contributed by atoms with E-state index in [0.717, 1.165) is 49.2 Å². The molecular formula is C28H38N4O3. The van der Waals surface area contributed by atoms with E-state index in [-0.39, 0.29) is 17.7 Å². The second-order valence-electron chi connectivity index (χ2n) is 10.9. The summed E-state index contributed by atoms with van der Waals surface area (Å²) in [5, 5.41) is 6.77. The summed E-state index contributed by atoms with van der Waals surface area (Å²) in [6.45, 7) is 7.73. The van der Waals surface area contributed by atoms with Crippen molar-refractivity contribution < 1.29 is 14.4 Å². The minimum absolute atomic E-state index is 0.0340. The van der Waals surface area contributed by atoms with Crippen LogP contribution in [0.15, 0.2) is 30.5 Å². The molecule has 3 fully saturated rings. The molecule has 3 atom stereocenters. The van der Waals surface area contributed by atoms with Gasteiger partial charge in [0.25, 0.3) is 5.91 Å². The van der Waals surface area contributed by atoms with Crippen LogP contribution in [0, 0.1) is 5.92 Å². The average molecular weight is 479 g/mol. The molecule has 0 bridgehead atoms. The molecule has 4 aliphatic rings. The van der Waals surface area contributed by atoms with Gasteiger partial charge in [0, 0.05) is 49.9 Å². The van der Waals surface area contributed by atoms with Crippen molar-refractivity contribution in [2.75, 3.05) is 13.1 Å². The van der Waals surface area contributed by atoms with Crippen LogP contribution in [-0.2, 0) is 22.6 Å². The van der Waals surface area contributed by atoms with Gasteiger partial charge in [-0.15, -0.1) is 0 Å². The number of piperidine rings is 2. The van der Waals surface area contributed by atoms with Crippen LogP contribution in [-0.4, -0.2) is 58.7 Å². The van der Waals surface area contributed by atoms with Crippen LogP contribution in [0.5, 0.6) is 0 Å². The second kappa shape index (κ2) is 10.1. The molecule has 7 nitrogen and oxygen atoms in total. The highest BCUT2D eigenvalue weighted by Crippen LogP contribution is 2.32. The van der Waals surface area contributed by atoms with Gasteiger partial charge in [-0.2, -0.15) is 0 Å². The van der Waals surface area contributed by atoms with Crippen LogP contribution < -0.4 is 10.6 Å². The van der Waals surface area contributed by atoms with Crippen LogP contribution in [0.25, 0.3) is 0 Å². The molecule has 35 heavy (non-hydrogen) atoms. The highest BCUT2D eigenvalue weighted by Gasteiger charge is 2.38. The number of allylic oxidation sites excluding steroid dienone is 1. The topological polar surface area (TPSA) is 81.8 Å². The maximum atomic E-state index is 13.1. The molecule has 2 N–H and O–H groups in total. The Hall–Kier alpha value is -2.67. The first-order valence-corrected chi connectivity index (χ1v) is 13.3. The lowest BCUT2D eigenvalue weighted by molar-refractivity contribution is -0.130. The Bertz CT molecular complexity index is 1010. The first-order valence-electron chi connectivity index (χ1n) is 13.3. The molecule has 1 aromatic rings. The number of hydrogen-bond donors (Lipinski definition) is 2. The monoisotopic (exact) mass is 478 g/mol. The maximum absolute atomic E-state index is 13.1. The molecule has 0 spiro atoms. The van der Waals surface area contributed by atoms with Crippen molar-refractivity contribution in [1.29, 1.82) is 0 Å². The quantitative estimate of drug-likeness (QED) is 0.681. The largest absolute Gasteiger partial charge is 0.343 e. The summed E-state index contributed by atoms with van der Waals surface area (Å²) in [6, 6.07) is 6.85. The van der Waals surface area contributed by atoms with Crippen molar-refractivity contribution in [1.82, 2.24) is 20.4 Å². The van der Waals surface area contributed by atoms with E-state index in [0.29, 0.717) is 37.4 Å². The van der Waals surface area contributed by atoms with Gasteiger partial charge in [0.2, 0.25) is 11.8 Å². The standard InChI is InChI=1S/C28H38N4O3/c1-18-7-10-26(27(34)29-18)32-17-22-16-20(8-9-24(22)28(32)35)15-21-5-3-4-6-25(21)30-23-11-13-31(14-12-23)19(2)33/h8-9,16,21,23,25-26,30H,1,3-7,10-15,17H2,2H3,(H,29,34)/t21-,25+,26?/m1/s1. The van der Waals surface area contributed by atoms with Crippen molar-refractivity contribution in [2.24, 2.45) is 5.92 Å². The molecular weight excluding hydrogens is 440 g/mol. The summed E-state index contributed by atoms with van der Waals surface area (Å²) < 4.78 is 0. The molecule has 2 saturated heterocycles. The molecule has 1 aliphatic carbocycles. The number of amides is 3. The number of nitrogens with one attached hydrogen (secondary N) is 2. The van der Waals surface area contributed by atoms with Gasteiger partial charge in [-0.1, -0.05) is 31.6 Å². The fourth-order valence-electron chi connectivity index (χ4n) is 6.47. The Morgan fingerprint density at radius 1 is 1.11 bits per heavy atom. The van der Waals surface area contributed by atoms with Gasteiger partial charge in [-0.25, -0.2) is 0 Å². The van der Waals surface area contributed by atoms with E-state index < -0.39 is 6.04 Å². The lowest BCUT2D eigenvalue weighted by atomic mass is 9.79. The van der Waals surface area contributed by atoms with Crippen LogP contribution in [0.2, 0.25) is 0 Å². The predicted molar refractivity (Wildman–Crippen MR) is 134 cm³/mol. The minimum atomic E-state index is -0.412. The first kappa shape index (κ1) is 24.0. The molecule has 0 aromatic heterocycles. The first-order chi connectivity index (χ1) is 16.9. The summed E-state index contributed by atoms with van der Waals surface area (Å²) in [4.78, 5) is 40.9. The zero-order valence-electron chi connectivity index (χ0n) is 20.9.